The van der Waals surface area contributed by atoms with Gasteiger partial charge in [-0.15, -0.1) is 0 Å². The van der Waals surface area contributed by atoms with Crippen LogP contribution < -0.4 is 15.4 Å². The number of aryl methyl sites for hydroxylation is 3. The normalized spacial score (nSPS) is 13.3. The largest absolute Gasteiger partial charge is 0.491 e. The Bertz CT molecular complexity index is 694. The molecular formula is C19H24N2O. The Kier molecular flexibility index (Phi) is 3.97. The average Bonchev–Trinajstić information content (AvgIpc) is 2.87. The predicted octanol–water partition coefficient (Wildman–Crippen LogP) is 3.64. The van der Waals surface area contributed by atoms with Gasteiger partial charge < -0.3 is 15.4 Å². The number of anilines is 2. The second kappa shape index (κ2) is 5.91. The number of nitrogen functional groups attached to an aromatic ring is 1. The first-order valence-corrected chi connectivity index (χ1v) is 7.88. The number of ether oxygens (including phenoxy) is 1. The molecule has 0 aliphatic carbocycles. The molecule has 0 fully saturated rings. The summed E-state index contributed by atoms with van der Waals surface area (Å²) >= 11 is 0. The molecule has 1 heterocycles. The summed E-state index contributed by atoms with van der Waals surface area (Å²) in [5.74, 6) is 0.995. The molecule has 116 valence electrons. The summed E-state index contributed by atoms with van der Waals surface area (Å²) < 4.78 is 6.01. The highest BCUT2D eigenvalue weighted by Gasteiger charge is 2.18. The first kappa shape index (κ1) is 14.8. The quantitative estimate of drug-likeness (QED) is 0.876. The number of fused-ring (bicyclic) bond motifs is 1. The second-order valence-electron chi connectivity index (χ2n) is 6.18. The monoisotopic (exact) mass is 296 g/mol. The molecule has 2 aromatic rings. The molecule has 0 aromatic heterocycles. The van der Waals surface area contributed by atoms with E-state index in [-0.39, 0.29) is 0 Å². The molecule has 22 heavy (non-hydrogen) atoms. The van der Waals surface area contributed by atoms with Crippen LogP contribution in [0.2, 0.25) is 0 Å². The minimum Gasteiger partial charge on any atom is -0.491 e. The third kappa shape index (κ3) is 2.89. The fourth-order valence-electron chi connectivity index (χ4n) is 3.05. The van der Waals surface area contributed by atoms with Crippen LogP contribution in [0.3, 0.4) is 0 Å². The first-order valence-electron chi connectivity index (χ1n) is 7.88. The smallest absolute Gasteiger partial charge is 0.122 e. The molecule has 3 nitrogen and oxygen atoms in total. The van der Waals surface area contributed by atoms with E-state index in [1.165, 1.54) is 27.9 Å². The fraction of sp³-hybridized carbons (Fsp3) is 0.368. The topological polar surface area (TPSA) is 38.5 Å². The molecule has 0 radical (unpaired) electrons. The lowest BCUT2D eigenvalue weighted by Gasteiger charge is -2.20. The highest BCUT2D eigenvalue weighted by atomic mass is 16.5. The Balaban J connectivity index is 1.63. The first-order chi connectivity index (χ1) is 10.5. The zero-order valence-electron chi connectivity index (χ0n) is 13.6. The fourth-order valence-corrected chi connectivity index (χ4v) is 3.05. The van der Waals surface area contributed by atoms with Gasteiger partial charge in [-0.3, -0.25) is 0 Å². The summed E-state index contributed by atoms with van der Waals surface area (Å²) in [6.07, 6.45) is 1.10. The van der Waals surface area contributed by atoms with Gasteiger partial charge in [0.25, 0.3) is 0 Å². The van der Waals surface area contributed by atoms with E-state index in [1.807, 2.05) is 6.07 Å². The lowest BCUT2D eigenvalue weighted by atomic mass is 10.1. The minimum absolute atomic E-state index is 0.692. The SMILES string of the molecule is Cc1cc(C)c(OCCN2CCc3ccc(N)cc32)cc1C. The molecule has 3 rings (SSSR count). The van der Waals surface area contributed by atoms with Crippen molar-refractivity contribution in [1.29, 1.82) is 0 Å². The minimum atomic E-state index is 0.692. The summed E-state index contributed by atoms with van der Waals surface area (Å²) in [4.78, 5) is 2.36. The van der Waals surface area contributed by atoms with Crippen LogP contribution in [-0.2, 0) is 6.42 Å². The summed E-state index contributed by atoms with van der Waals surface area (Å²) in [6, 6.07) is 10.5. The van der Waals surface area contributed by atoms with Crippen molar-refractivity contribution in [3.63, 3.8) is 0 Å². The molecule has 1 aliphatic rings. The van der Waals surface area contributed by atoms with Gasteiger partial charge in [-0.25, -0.2) is 0 Å². The van der Waals surface area contributed by atoms with Gasteiger partial charge in [0.1, 0.15) is 12.4 Å². The van der Waals surface area contributed by atoms with Gasteiger partial charge in [0.15, 0.2) is 0 Å². The number of nitrogens with two attached hydrogens (primary N) is 1. The summed E-state index contributed by atoms with van der Waals surface area (Å²) in [6.45, 7) is 9.00. The van der Waals surface area contributed by atoms with Crippen LogP contribution in [0.25, 0.3) is 0 Å². The van der Waals surface area contributed by atoms with Crippen LogP contribution >= 0.6 is 0 Å². The van der Waals surface area contributed by atoms with Crippen LogP contribution in [0.1, 0.15) is 22.3 Å². The Morgan fingerprint density at radius 1 is 1.05 bits per heavy atom. The van der Waals surface area contributed by atoms with Gasteiger partial charge in [-0.05, 0) is 67.6 Å². The van der Waals surface area contributed by atoms with Gasteiger partial charge in [-0.1, -0.05) is 12.1 Å². The maximum atomic E-state index is 6.01. The second-order valence-corrected chi connectivity index (χ2v) is 6.18. The summed E-state index contributed by atoms with van der Waals surface area (Å²) in [5.41, 5.74) is 13.2. The number of nitrogens with zero attached hydrogens (tertiary/aromatic N) is 1. The number of hydrogen-bond donors (Lipinski definition) is 1. The molecular weight excluding hydrogens is 272 g/mol. The van der Waals surface area contributed by atoms with Crippen LogP contribution in [0.15, 0.2) is 30.3 Å². The van der Waals surface area contributed by atoms with Crippen LogP contribution in [0, 0.1) is 20.8 Å². The van der Waals surface area contributed by atoms with Crippen molar-refractivity contribution in [2.45, 2.75) is 27.2 Å². The van der Waals surface area contributed by atoms with Gasteiger partial charge >= 0.3 is 0 Å². The molecule has 0 spiro atoms. The zero-order valence-corrected chi connectivity index (χ0v) is 13.6. The highest BCUT2D eigenvalue weighted by molar-refractivity contribution is 5.64. The van der Waals surface area contributed by atoms with E-state index >= 15 is 0 Å². The zero-order chi connectivity index (χ0) is 15.7. The van der Waals surface area contributed by atoms with Gasteiger partial charge in [0, 0.05) is 17.9 Å². The molecule has 1 aliphatic heterocycles. The molecule has 0 unspecified atom stereocenters. The van der Waals surface area contributed by atoms with E-state index in [0.29, 0.717) is 6.61 Å². The lowest BCUT2D eigenvalue weighted by molar-refractivity contribution is 0.322. The van der Waals surface area contributed by atoms with Crippen LogP contribution in [0.5, 0.6) is 5.75 Å². The van der Waals surface area contributed by atoms with E-state index in [0.717, 1.165) is 30.9 Å². The lowest BCUT2D eigenvalue weighted by Crippen LogP contribution is -2.26. The van der Waals surface area contributed by atoms with Crippen LogP contribution in [-0.4, -0.2) is 19.7 Å². The summed E-state index contributed by atoms with van der Waals surface area (Å²) in [7, 11) is 0. The molecule has 0 atom stereocenters. The third-order valence-electron chi connectivity index (χ3n) is 4.51. The molecule has 2 aromatic carbocycles. The average molecular weight is 296 g/mol. The van der Waals surface area contributed by atoms with Crippen molar-refractivity contribution >= 4 is 11.4 Å². The maximum Gasteiger partial charge on any atom is 0.122 e. The summed E-state index contributed by atoms with van der Waals surface area (Å²) in [5, 5.41) is 0. The van der Waals surface area contributed by atoms with Crippen LogP contribution in [0.4, 0.5) is 11.4 Å². The molecule has 2 N–H and O–H groups in total. The van der Waals surface area contributed by atoms with Gasteiger partial charge in [0.2, 0.25) is 0 Å². The van der Waals surface area contributed by atoms with E-state index in [9.17, 15) is 0 Å². The Morgan fingerprint density at radius 3 is 2.64 bits per heavy atom. The van der Waals surface area contributed by atoms with Crippen molar-refractivity contribution in [2.75, 3.05) is 30.3 Å². The van der Waals surface area contributed by atoms with E-state index in [4.69, 9.17) is 10.5 Å². The molecule has 3 heteroatoms. The van der Waals surface area contributed by atoms with Crippen molar-refractivity contribution in [1.82, 2.24) is 0 Å². The van der Waals surface area contributed by atoms with E-state index in [1.54, 1.807) is 0 Å². The Hall–Kier alpha value is -2.16. The van der Waals surface area contributed by atoms with E-state index in [2.05, 4.69) is 49.9 Å². The highest BCUT2D eigenvalue weighted by Crippen LogP contribution is 2.29. The number of hydrogen-bond acceptors (Lipinski definition) is 3. The van der Waals surface area contributed by atoms with E-state index < -0.39 is 0 Å². The number of rotatable bonds is 4. The molecule has 0 saturated carbocycles. The number of benzene rings is 2. The maximum absolute atomic E-state index is 6.01. The van der Waals surface area contributed by atoms with Gasteiger partial charge in [-0.2, -0.15) is 0 Å². The standard InChI is InChI=1S/C19H24N2O/c1-13-10-15(3)19(11-14(13)2)22-9-8-21-7-6-16-4-5-17(20)12-18(16)21/h4-5,10-12H,6-9,20H2,1-3H3. The van der Waals surface area contributed by atoms with Gasteiger partial charge in [0.05, 0.1) is 6.54 Å². The predicted molar refractivity (Wildman–Crippen MR) is 92.9 cm³/mol. The Morgan fingerprint density at radius 2 is 1.82 bits per heavy atom. The van der Waals surface area contributed by atoms with Crippen molar-refractivity contribution in [2.24, 2.45) is 0 Å². The molecule has 0 bridgehead atoms. The van der Waals surface area contributed by atoms with Crippen molar-refractivity contribution in [3.8, 4) is 5.75 Å². The van der Waals surface area contributed by atoms with Crippen molar-refractivity contribution in [3.05, 3.63) is 52.6 Å². The third-order valence-corrected chi connectivity index (χ3v) is 4.51. The molecule has 0 saturated heterocycles. The molecule has 0 amide bonds. The Labute approximate surface area is 132 Å². The van der Waals surface area contributed by atoms with Crippen molar-refractivity contribution < 1.29 is 4.74 Å².